The average Bonchev–Trinajstić information content (AvgIpc) is 2.64. The van der Waals surface area contributed by atoms with E-state index in [1.54, 1.807) is 19.9 Å². The molecule has 6 nitrogen and oxygen atoms in total. The molecule has 0 N–H and O–H groups in total. The van der Waals surface area contributed by atoms with Crippen LogP contribution in [0.25, 0.3) is 0 Å². The van der Waals surface area contributed by atoms with Gasteiger partial charge in [0, 0.05) is 30.1 Å². The lowest BCUT2D eigenvalue weighted by Gasteiger charge is -2.18. The summed E-state index contributed by atoms with van der Waals surface area (Å²) in [6, 6.07) is 7.34. The van der Waals surface area contributed by atoms with E-state index in [0.717, 1.165) is 0 Å². The molecule has 1 aromatic heterocycles. The first-order valence-electron chi connectivity index (χ1n) is 8.38. The molecule has 0 saturated carbocycles. The second-order valence-corrected chi connectivity index (χ2v) is 11.6. The maximum Gasteiger partial charge on any atom is 0.244 e. The molecule has 0 bridgehead atoms. The minimum Gasteiger partial charge on any atom is -0.249 e. The summed E-state index contributed by atoms with van der Waals surface area (Å²) >= 11 is 13.0. The summed E-state index contributed by atoms with van der Waals surface area (Å²) in [6.07, 6.45) is 1.29. The smallest absolute Gasteiger partial charge is 0.244 e. The van der Waals surface area contributed by atoms with Crippen molar-refractivity contribution in [2.24, 2.45) is 0 Å². The van der Waals surface area contributed by atoms with Gasteiger partial charge >= 0.3 is 0 Å². The van der Waals surface area contributed by atoms with E-state index in [1.807, 2.05) is 0 Å². The molecule has 0 atom stereocenters. The van der Waals surface area contributed by atoms with Crippen molar-refractivity contribution in [2.75, 3.05) is 24.6 Å². The number of hydrogen-bond donors (Lipinski definition) is 0. The molecule has 0 aliphatic heterocycles. The quantitative estimate of drug-likeness (QED) is 0.502. The highest BCUT2D eigenvalue weighted by Crippen LogP contribution is 2.27. The highest BCUT2D eigenvalue weighted by Gasteiger charge is 2.22. The Morgan fingerprint density at radius 3 is 2.29 bits per heavy atom. The second kappa shape index (κ2) is 9.77. The Bertz CT molecular complexity index is 1020. The Hall–Kier alpha value is -0.840. The standard InChI is InChI=1S/C17H20Cl2N2O4S3/c1-3-21(4-2)28(24,25)14-6-8-17(20-12-14)26-9-10-27(22,23)16-11-13(18)5-7-15(16)19/h5-8,11-12H,3-4,9-10H2,1-2H3. The molecule has 0 unspecified atom stereocenters. The third-order valence-electron chi connectivity index (χ3n) is 3.88. The van der Waals surface area contributed by atoms with E-state index in [-0.39, 0.29) is 26.3 Å². The Morgan fingerprint density at radius 2 is 1.71 bits per heavy atom. The van der Waals surface area contributed by atoms with Crippen LogP contribution in [0.4, 0.5) is 0 Å². The van der Waals surface area contributed by atoms with Gasteiger partial charge < -0.3 is 0 Å². The third kappa shape index (κ3) is 5.61. The summed E-state index contributed by atoms with van der Waals surface area (Å²) in [6.45, 7) is 4.29. The first-order valence-corrected chi connectivity index (χ1v) is 13.2. The van der Waals surface area contributed by atoms with Gasteiger partial charge in [0.25, 0.3) is 0 Å². The van der Waals surface area contributed by atoms with E-state index >= 15 is 0 Å². The van der Waals surface area contributed by atoms with Gasteiger partial charge in [0.1, 0.15) is 4.90 Å². The molecule has 0 saturated heterocycles. The number of pyridine rings is 1. The minimum absolute atomic E-state index is 0.00381. The van der Waals surface area contributed by atoms with Gasteiger partial charge in [0.2, 0.25) is 10.0 Å². The van der Waals surface area contributed by atoms with Gasteiger partial charge in [-0.15, -0.1) is 11.8 Å². The number of sulfone groups is 1. The molecule has 2 rings (SSSR count). The van der Waals surface area contributed by atoms with Gasteiger partial charge in [-0.1, -0.05) is 37.0 Å². The molecule has 2 aromatic rings. The number of thioether (sulfide) groups is 1. The summed E-state index contributed by atoms with van der Waals surface area (Å²) in [5, 5.41) is 0.951. The SMILES string of the molecule is CCN(CC)S(=O)(=O)c1ccc(SCCS(=O)(=O)c2cc(Cl)ccc2Cl)nc1. The monoisotopic (exact) mass is 482 g/mol. The molecule has 0 fully saturated rings. The van der Waals surface area contributed by atoms with E-state index in [1.165, 1.54) is 46.5 Å². The van der Waals surface area contributed by atoms with Crippen LogP contribution in [0.3, 0.4) is 0 Å². The van der Waals surface area contributed by atoms with Gasteiger partial charge in [-0.3, -0.25) is 0 Å². The lowest BCUT2D eigenvalue weighted by atomic mass is 10.4. The van der Waals surface area contributed by atoms with Crippen LogP contribution in [-0.4, -0.2) is 50.7 Å². The molecule has 0 aliphatic carbocycles. The Labute approximate surface area is 180 Å². The zero-order valence-corrected chi connectivity index (χ0v) is 19.3. The molecule has 28 heavy (non-hydrogen) atoms. The van der Waals surface area contributed by atoms with Crippen LogP contribution in [0.5, 0.6) is 0 Å². The first kappa shape index (κ1) is 23.4. The van der Waals surface area contributed by atoms with Crippen molar-refractivity contribution in [3.05, 3.63) is 46.6 Å². The summed E-state index contributed by atoms with van der Waals surface area (Å²) in [5.74, 6) is 0.0826. The highest BCUT2D eigenvalue weighted by molar-refractivity contribution is 8.00. The maximum absolute atomic E-state index is 12.5. The zero-order valence-electron chi connectivity index (χ0n) is 15.3. The van der Waals surface area contributed by atoms with Gasteiger partial charge in [0.05, 0.1) is 20.7 Å². The fourth-order valence-corrected chi connectivity index (χ4v) is 7.11. The van der Waals surface area contributed by atoms with E-state index in [4.69, 9.17) is 23.2 Å². The predicted molar refractivity (Wildman–Crippen MR) is 114 cm³/mol. The first-order chi connectivity index (χ1) is 13.1. The average molecular weight is 483 g/mol. The number of halogens is 2. The van der Waals surface area contributed by atoms with Crippen LogP contribution in [0.15, 0.2) is 51.3 Å². The van der Waals surface area contributed by atoms with E-state index in [0.29, 0.717) is 23.1 Å². The van der Waals surface area contributed by atoms with Gasteiger partial charge in [0.15, 0.2) is 9.84 Å². The van der Waals surface area contributed by atoms with Crippen LogP contribution >= 0.6 is 35.0 Å². The van der Waals surface area contributed by atoms with Gasteiger partial charge in [-0.25, -0.2) is 21.8 Å². The molecule has 1 aromatic carbocycles. The fourth-order valence-electron chi connectivity index (χ4n) is 2.40. The third-order valence-corrected chi connectivity index (χ3v) is 9.55. The number of nitrogens with zero attached hydrogens (tertiary/aromatic N) is 2. The van der Waals surface area contributed by atoms with Gasteiger partial charge in [-0.05, 0) is 30.3 Å². The number of aromatic nitrogens is 1. The second-order valence-electron chi connectivity index (χ2n) is 5.66. The van der Waals surface area contributed by atoms with Crippen molar-refractivity contribution in [2.45, 2.75) is 28.7 Å². The van der Waals surface area contributed by atoms with Crippen molar-refractivity contribution >= 4 is 54.8 Å². The Morgan fingerprint density at radius 1 is 1.04 bits per heavy atom. The van der Waals surface area contributed by atoms with Crippen LogP contribution in [0.1, 0.15) is 13.8 Å². The van der Waals surface area contributed by atoms with Gasteiger partial charge in [-0.2, -0.15) is 4.31 Å². The van der Waals surface area contributed by atoms with Crippen molar-refractivity contribution in [3.63, 3.8) is 0 Å². The predicted octanol–water partition coefficient (Wildman–Crippen LogP) is 3.98. The van der Waals surface area contributed by atoms with E-state index < -0.39 is 19.9 Å². The number of rotatable bonds is 9. The number of sulfonamides is 1. The molecular weight excluding hydrogens is 463 g/mol. The fraction of sp³-hybridized carbons (Fsp3) is 0.353. The summed E-state index contributed by atoms with van der Waals surface area (Å²) in [5.41, 5.74) is 0. The lowest BCUT2D eigenvalue weighted by Crippen LogP contribution is -2.30. The molecule has 1 heterocycles. The summed E-state index contributed by atoms with van der Waals surface area (Å²) in [7, 11) is -7.17. The topological polar surface area (TPSA) is 84.4 Å². The summed E-state index contributed by atoms with van der Waals surface area (Å²) < 4.78 is 51.2. The molecule has 0 amide bonds. The normalized spacial score (nSPS) is 12.5. The summed E-state index contributed by atoms with van der Waals surface area (Å²) in [4.78, 5) is 4.24. The molecular formula is C17H20Cl2N2O4S3. The Balaban J connectivity index is 2.05. The van der Waals surface area contributed by atoms with Crippen molar-refractivity contribution in [1.29, 1.82) is 0 Å². The molecule has 11 heteroatoms. The van der Waals surface area contributed by atoms with Crippen molar-refractivity contribution < 1.29 is 16.8 Å². The van der Waals surface area contributed by atoms with Crippen molar-refractivity contribution in [3.8, 4) is 0 Å². The molecule has 0 spiro atoms. The number of hydrogen-bond acceptors (Lipinski definition) is 6. The molecule has 154 valence electrons. The number of benzene rings is 1. The van der Waals surface area contributed by atoms with Crippen LogP contribution in [0, 0.1) is 0 Å². The van der Waals surface area contributed by atoms with E-state index in [9.17, 15) is 16.8 Å². The minimum atomic E-state index is -3.60. The highest BCUT2D eigenvalue weighted by atomic mass is 35.5. The van der Waals surface area contributed by atoms with E-state index in [2.05, 4.69) is 4.98 Å². The van der Waals surface area contributed by atoms with Crippen LogP contribution in [-0.2, 0) is 19.9 Å². The van der Waals surface area contributed by atoms with Crippen LogP contribution < -0.4 is 0 Å². The molecule has 0 radical (unpaired) electrons. The Kier molecular flexibility index (Phi) is 8.18. The molecule has 0 aliphatic rings. The largest absolute Gasteiger partial charge is 0.249 e. The maximum atomic E-state index is 12.5. The van der Waals surface area contributed by atoms with Crippen molar-refractivity contribution in [1.82, 2.24) is 9.29 Å². The zero-order chi connectivity index (χ0) is 20.9. The lowest BCUT2D eigenvalue weighted by molar-refractivity contribution is 0.445. The van der Waals surface area contributed by atoms with Crippen LogP contribution in [0.2, 0.25) is 10.0 Å².